The maximum absolute atomic E-state index is 12.8. The van der Waals surface area contributed by atoms with Gasteiger partial charge < -0.3 is 24.3 Å². The lowest BCUT2D eigenvalue weighted by Crippen LogP contribution is -2.47. The lowest BCUT2D eigenvalue weighted by molar-refractivity contribution is -0.118. The molecular formula is C27H26N6O5. The molecule has 11 nitrogen and oxygen atoms in total. The van der Waals surface area contributed by atoms with E-state index in [2.05, 4.69) is 21.3 Å². The van der Waals surface area contributed by atoms with E-state index in [1.807, 2.05) is 13.1 Å². The van der Waals surface area contributed by atoms with Crippen LogP contribution in [0.5, 0.6) is 5.75 Å². The second-order valence-electron chi connectivity index (χ2n) is 9.87. The molecule has 1 saturated heterocycles. The number of amides is 2. The summed E-state index contributed by atoms with van der Waals surface area (Å²) in [6.07, 6.45) is 1.50. The molecule has 3 atom stereocenters. The molecule has 6 rings (SSSR count). The number of rotatable bonds is 5. The predicted octanol–water partition coefficient (Wildman–Crippen LogP) is 2.48. The zero-order valence-electron chi connectivity index (χ0n) is 20.8. The third-order valence-electron chi connectivity index (χ3n) is 7.64. The Hall–Kier alpha value is -4.43. The Morgan fingerprint density at radius 3 is 2.84 bits per heavy atom. The van der Waals surface area contributed by atoms with Crippen molar-refractivity contribution in [2.75, 3.05) is 30.4 Å². The first-order chi connectivity index (χ1) is 18.4. The summed E-state index contributed by atoms with van der Waals surface area (Å²) in [6.45, 7) is 1.04. The zero-order chi connectivity index (χ0) is 26.4. The van der Waals surface area contributed by atoms with Crippen molar-refractivity contribution in [2.45, 2.75) is 44.0 Å². The van der Waals surface area contributed by atoms with Gasteiger partial charge in [-0.3, -0.25) is 14.5 Å². The summed E-state index contributed by atoms with van der Waals surface area (Å²) in [5.74, 6) is 0.903. The number of benzene rings is 1. The quantitative estimate of drug-likeness (QED) is 0.550. The fraction of sp³-hybridized carbons (Fsp3) is 0.370. The summed E-state index contributed by atoms with van der Waals surface area (Å²) in [5.41, 5.74) is 1.15. The summed E-state index contributed by atoms with van der Waals surface area (Å²) in [5, 5.41) is 12.9. The van der Waals surface area contributed by atoms with Gasteiger partial charge in [0, 0.05) is 31.6 Å². The molecule has 0 unspecified atom stereocenters. The highest BCUT2D eigenvalue weighted by molar-refractivity contribution is 5.95. The van der Waals surface area contributed by atoms with E-state index >= 15 is 0 Å². The maximum Gasteiger partial charge on any atom is 0.416 e. The van der Waals surface area contributed by atoms with Crippen molar-refractivity contribution < 1.29 is 19.1 Å². The third kappa shape index (κ3) is 4.22. The van der Waals surface area contributed by atoms with Crippen LogP contribution in [0.1, 0.15) is 24.8 Å². The van der Waals surface area contributed by atoms with Crippen molar-refractivity contribution in [3.63, 3.8) is 0 Å². The number of anilines is 2. The first-order valence-electron chi connectivity index (χ1n) is 12.6. The molecule has 0 spiro atoms. The molecule has 0 bridgehead atoms. The van der Waals surface area contributed by atoms with Gasteiger partial charge in [0.1, 0.15) is 11.9 Å². The summed E-state index contributed by atoms with van der Waals surface area (Å²) in [6, 6.07) is 14.3. The average Bonchev–Trinajstić information content (AvgIpc) is 3.26. The van der Waals surface area contributed by atoms with Gasteiger partial charge >= 0.3 is 6.09 Å². The number of nitrogens with zero attached hydrogens (tertiary/aromatic N) is 5. The van der Waals surface area contributed by atoms with Crippen LogP contribution in [-0.4, -0.2) is 64.8 Å². The van der Waals surface area contributed by atoms with Crippen LogP contribution in [0, 0.1) is 11.3 Å². The molecule has 2 aliphatic heterocycles. The number of fused-ring (bicyclic) bond motifs is 3. The lowest BCUT2D eigenvalue weighted by atomic mass is 9.87. The van der Waals surface area contributed by atoms with E-state index < -0.39 is 6.09 Å². The van der Waals surface area contributed by atoms with E-state index in [0.717, 1.165) is 23.7 Å². The smallest absolute Gasteiger partial charge is 0.416 e. The van der Waals surface area contributed by atoms with Gasteiger partial charge in [0.15, 0.2) is 18.2 Å². The predicted molar refractivity (Wildman–Crippen MR) is 138 cm³/mol. The van der Waals surface area contributed by atoms with Crippen LogP contribution in [0.3, 0.4) is 0 Å². The van der Waals surface area contributed by atoms with Gasteiger partial charge in [-0.2, -0.15) is 5.26 Å². The minimum absolute atomic E-state index is 0.0601. The number of hydrogen-bond donors (Lipinski definition) is 1. The molecule has 1 aliphatic carbocycles. The van der Waals surface area contributed by atoms with Gasteiger partial charge in [0.2, 0.25) is 0 Å². The highest BCUT2D eigenvalue weighted by Gasteiger charge is 2.47. The Kier molecular flexibility index (Phi) is 5.96. The van der Waals surface area contributed by atoms with Crippen molar-refractivity contribution in [3.05, 3.63) is 58.4 Å². The first-order valence-corrected chi connectivity index (χ1v) is 12.6. The van der Waals surface area contributed by atoms with E-state index in [-0.39, 0.29) is 36.3 Å². The number of aromatic nitrogens is 2. The van der Waals surface area contributed by atoms with Crippen molar-refractivity contribution in [1.29, 1.82) is 5.26 Å². The molecular weight excluding hydrogens is 488 g/mol. The SMILES string of the molecule is CN(CCn1c(=O)ccc2ccc(C#N)cc21)[C@H]1CC[C@H]2[C@@H](C1)OC(=O)N2c1ccc2c(n1)NC(=O)CO2. The first kappa shape index (κ1) is 23.9. The molecule has 1 saturated carbocycles. The van der Waals surface area contributed by atoms with Gasteiger partial charge in [-0.1, -0.05) is 6.07 Å². The maximum atomic E-state index is 12.8. The fourth-order valence-electron chi connectivity index (χ4n) is 5.62. The molecule has 3 aromatic rings. The normalized spacial score (nSPS) is 22.3. The molecule has 1 aromatic carbocycles. The van der Waals surface area contributed by atoms with Crippen LogP contribution in [0.4, 0.5) is 16.4 Å². The Labute approximate surface area is 218 Å². The van der Waals surface area contributed by atoms with E-state index in [9.17, 15) is 19.6 Å². The number of carbonyl (C=O) groups excluding carboxylic acids is 2. The summed E-state index contributed by atoms with van der Waals surface area (Å²) < 4.78 is 12.8. The Morgan fingerprint density at radius 2 is 2.00 bits per heavy atom. The fourth-order valence-corrected chi connectivity index (χ4v) is 5.62. The van der Waals surface area contributed by atoms with Crippen molar-refractivity contribution >= 4 is 34.5 Å². The van der Waals surface area contributed by atoms with Gasteiger partial charge in [0.05, 0.1) is 23.2 Å². The van der Waals surface area contributed by atoms with E-state index in [4.69, 9.17) is 9.47 Å². The summed E-state index contributed by atoms with van der Waals surface area (Å²) in [7, 11) is 2.02. The van der Waals surface area contributed by atoms with Gasteiger partial charge in [-0.15, -0.1) is 0 Å². The van der Waals surface area contributed by atoms with Crippen molar-refractivity contribution in [3.8, 4) is 11.8 Å². The lowest BCUT2D eigenvalue weighted by Gasteiger charge is -2.37. The molecule has 4 heterocycles. The number of nitriles is 1. The number of carbonyl (C=O) groups is 2. The Morgan fingerprint density at radius 1 is 1.16 bits per heavy atom. The van der Waals surface area contributed by atoms with Crippen LogP contribution >= 0.6 is 0 Å². The monoisotopic (exact) mass is 514 g/mol. The van der Waals surface area contributed by atoms with E-state index in [0.29, 0.717) is 42.5 Å². The van der Waals surface area contributed by atoms with E-state index in [1.54, 1.807) is 45.9 Å². The minimum atomic E-state index is -0.450. The molecule has 38 heavy (non-hydrogen) atoms. The number of likely N-dealkylation sites (N-methyl/N-ethyl adjacent to an activating group) is 1. The Bertz CT molecular complexity index is 1550. The van der Waals surface area contributed by atoms with Gasteiger partial charge in [-0.25, -0.2) is 9.78 Å². The van der Waals surface area contributed by atoms with Crippen LogP contribution in [0.25, 0.3) is 10.9 Å². The van der Waals surface area contributed by atoms with Crippen molar-refractivity contribution in [1.82, 2.24) is 14.5 Å². The molecule has 0 radical (unpaired) electrons. The van der Waals surface area contributed by atoms with E-state index in [1.165, 1.54) is 0 Å². The standard InChI is InChI=1S/C27H26N6O5/c1-31(10-11-32-20-12-16(14-28)2-3-17(20)4-9-25(32)35)18-5-6-19-22(13-18)38-27(36)33(19)23-8-7-21-26(29-23)30-24(34)15-37-21/h2-4,7-9,12,18-19,22H,5-6,10-11,13,15H2,1H3,(H,29,30,34)/t18-,19-,22+/m0/s1. The highest BCUT2D eigenvalue weighted by Crippen LogP contribution is 2.38. The molecule has 3 aliphatic rings. The molecule has 2 aromatic heterocycles. The zero-order valence-corrected chi connectivity index (χ0v) is 20.8. The van der Waals surface area contributed by atoms with Gasteiger partial charge in [0.25, 0.3) is 11.5 Å². The van der Waals surface area contributed by atoms with Gasteiger partial charge in [-0.05, 0) is 55.6 Å². The number of hydrogen-bond acceptors (Lipinski definition) is 8. The van der Waals surface area contributed by atoms with Crippen LogP contribution in [0.15, 0.2) is 47.3 Å². The largest absolute Gasteiger partial charge is 0.480 e. The molecule has 194 valence electrons. The summed E-state index contributed by atoms with van der Waals surface area (Å²) in [4.78, 5) is 45.4. The average molecular weight is 515 g/mol. The molecule has 1 N–H and O–H groups in total. The minimum Gasteiger partial charge on any atom is -0.480 e. The molecule has 2 amide bonds. The number of pyridine rings is 2. The number of nitrogens with one attached hydrogen (secondary N) is 1. The topological polar surface area (TPSA) is 130 Å². The van der Waals surface area contributed by atoms with Crippen LogP contribution < -0.4 is 20.5 Å². The third-order valence-corrected chi connectivity index (χ3v) is 7.64. The van der Waals surface area contributed by atoms with Crippen molar-refractivity contribution in [2.24, 2.45) is 0 Å². The Balaban J connectivity index is 1.14. The molecule has 2 fully saturated rings. The van der Waals surface area contributed by atoms with Crippen LogP contribution in [0.2, 0.25) is 0 Å². The highest BCUT2D eigenvalue weighted by atomic mass is 16.6. The molecule has 11 heteroatoms. The second kappa shape index (κ2) is 9.46. The summed E-state index contributed by atoms with van der Waals surface area (Å²) >= 11 is 0. The number of ether oxygens (including phenoxy) is 2. The van der Waals surface area contributed by atoms with Crippen LogP contribution in [-0.2, 0) is 16.1 Å². The second-order valence-corrected chi connectivity index (χ2v) is 9.87.